The highest BCUT2D eigenvalue weighted by Gasteiger charge is 2.43. The van der Waals surface area contributed by atoms with E-state index < -0.39 is 0 Å². The van der Waals surface area contributed by atoms with E-state index in [2.05, 4.69) is 6.08 Å². The number of rotatable bonds is 4. The molecule has 3 aliphatic carbocycles. The summed E-state index contributed by atoms with van der Waals surface area (Å²) in [4.78, 5) is 0. The summed E-state index contributed by atoms with van der Waals surface area (Å²) in [6.07, 6.45) is 12.1. The average Bonchev–Trinajstić information content (AvgIpc) is 2.50. The van der Waals surface area contributed by atoms with Crippen LogP contribution < -0.4 is 0 Å². The molecule has 2 saturated carbocycles. The normalized spacial score (nSPS) is 40.7. The Morgan fingerprint density at radius 1 is 1.10 bits per heavy atom. The lowest BCUT2D eigenvalue weighted by Gasteiger charge is -2.47. The lowest BCUT2D eigenvalue weighted by Crippen LogP contribution is -2.43. The molecule has 0 unspecified atom stereocenters. The largest absolute Gasteiger partial charge is 0.381 e. The van der Waals surface area contributed by atoms with E-state index in [4.69, 9.17) is 14.2 Å². The second kappa shape index (κ2) is 6.59. The molecule has 2 fully saturated rings. The van der Waals surface area contributed by atoms with E-state index in [1.54, 1.807) is 12.7 Å². The molecule has 3 aliphatic rings. The maximum atomic E-state index is 6.02. The van der Waals surface area contributed by atoms with E-state index >= 15 is 0 Å². The summed E-state index contributed by atoms with van der Waals surface area (Å²) >= 11 is 0. The average molecular weight is 280 g/mol. The molecule has 5 atom stereocenters. The molecule has 0 aromatic heterocycles. The van der Waals surface area contributed by atoms with Gasteiger partial charge in [-0.2, -0.15) is 0 Å². The molecular weight excluding hydrogens is 252 g/mol. The number of hydrogen-bond acceptors (Lipinski definition) is 3. The van der Waals surface area contributed by atoms with Crippen LogP contribution in [0.4, 0.5) is 0 Å². The lowest BCUT2D eigenvalue weighted by atomic mass is 9.61. The topological polar surface area (TPSA) is 27.7 Å². The summed E-state index contributed by atoms with van der Waals surface area (Å²) in [6.45, 7) is 0.430. The molecule has 0 radical (unpaired) electrons. The summed E-state index contributed by atoms with van der Waals surface area (Å²) in [6, 6.07) is 0. The first-order chi connectivity index (χ1) is 9.83. The van der Waals surface area contributed by atoms with Crippen molar-refractivity contribution in [1.82, 2.24) is 0 Å². The van der Waals surface area contributed by atoms with Crippen molar-refractivity contribution in [3.8, 4) is 0 Å². The Morgan fingerprint density at radius 2 is 1.95 bits per heavy atom. The van der Waals surface area contributed by atoms with Gasteiger partial charge in [0.15, 0.2) is 0 Å². The molecule has 3 rings (SSSR count). The second-order valence-electron chi connectivity index (χ2n) is 6.62. The summed E-state index contributed by atoms with van der Waals surface area (Å²) in [7, 11) is 3.59. The number of ether oxygens (including phenoxy) is 3. The van der Waals surface area contributed by atoms with Crippen molar-refractivity contribution in [2.45, 2.75) is 57.2 Å². The molecule has 0 heterocycles. The number of methoxy groups -OCH3 is 2. The highest BCUT2D eigenvalue weighted by molar-refractivity contribution is 5.21. The Kier molecular flexibility index (Phi) is 4.79. The van der Waals surface area contributed by atoms with Gasteiger partial charge < -0.3 is 14.2 Å². The third kappa shape index (κ3) is 2.81. The zero-order valence-electron chi connectivity index (χ0n) is 12.8. The summed E-state index contributed by atoms with van der Waals surface area (Å²) in [5, 5.41) is 0. The van der Waals surface area contributed by atoms with Gasteiger partial charge in [0.25, 0.3) is 0 Å². The predicted molar refractivity (Wildman–Crippen MR) is 78.4 cm³/mol. The van der Waals surface area contributed by atoms with Crippen LogP contribution in [0.1, 0.15) is 44.9 Å². The fourth-order valence-corrected chi connectivity index (χ4v) is 4.70. The van der Waals surface area contributed by atoms with Crippen molar-refractivity contribution in [2.24, 2.45) is 17.8 Å². The standard InChI is InChI=1S/C17H28O3/c1-18-11-20-16-9-7-12-6-8-14(19-2)10-13-4-3-5-15(12)17(13)16/h5,12-14,16-17H,3-4,6-11H2,1-2H3/t12-,13-,14+,16+,17-/m1/s1. The first-order valence-electron chi connectivity index (χ1n) is 8.16. The molecule has 0 N–H and O–H groups in total. The van der Waals surface area contributed by atoms with E-state index in [-0.39, 0.29) is 0 Å². The summed E-state index contributed by atoms with van der Waals surface area (Å²) < 4.78 is 16.9. The van der Waals surface area contributed by atoms with Crippen LogP contribution in [-0.2, 0) is 14.2 Å². The van der Waals surface area contributed by atoms with E-state index in [0.29, 0.717) is 24.9 Å². The maximum Gasteiger partial charge on any atom is 0.146 e. The molecular formula is C17H28O3. The SMILES string of the molecule is COCO[C@H]1CC[C@H]2CC[C@H](OC)C[C@H]3CCC=C2[C@@H]31. The molecule has 0 aromatic carbocycles. The second-order valence-corrected chi connectivity index (χ2v) is 6.62. The van der Waals surface area contributed by atoms with Crippen LogP contribution in [0.5, 0.6) is 0 Å². The minimum Gasteiger partial charge on any atom is -0.381 e. The van der Waals surface area contributed by atoms with Gasteiger partial charge in [-0.05, 0) is 56.8 Å². The molecule has 0 spiro atoms. The Hall–Kier alpha value is -0.380. The van der Waals surface area contributed by atoms with Gasteiger partial charge in [0.05, 0.1) is 12.2 Å². The predicted octanol–water partition coefficient (Wildman–Crippen LogP) is 3.54. The van der Waals surface area contributed by atoms with Crippen molar-refractivity contribution in [3.05, 3.63) is 11.6 Å². The zero-order valence-corrected chi connectivity index (χ0v) is 12.8. The van der Waals surface area contributed by atoms with Crippen LogP contribution in [-0.4, -0.2) is 33.2 Å². The fourth-order valence-electron chi connectivity index (χ4n) is 4.70. The quantitative estimate of drug-likeness (QED) is 0.582. The third-order valence-corrected chi connectivity index (χ3v) is 5.62. The fraction of sp³-hybridized carbons (Fsp3) is 0.882. The van der Waals surface area contributed by atoms with Gasteiger partial charge in [0.1, 0.15) is 6.79 Å². The van der Waals surface area contributed by atoms with Crippen molar-refractivity contribution < 1.29 is 14.2 Å². The Labute approximate surface area is 122 Å². The summed E-state index contributed by atoms with van der Waals surface area (Å²) in [5.74, 6) is 2.14. The third-order valence-electron chi connectivity index (χ3n) is 5.62. The minimum atomic E-state index is 0.360. The van der Waals surface area contributed by atoms with Crippen LogP contribution in [0, 0.1) is 17.8 Å². The Morgan fingerprint density at radius 3 is 2.75 bits per heavy atom. The molecule has 20 heavy (non-hydrogen) atoms. The molecule has 4 bridgehead atoms. The minimum absolute atomic E-state index is 0.360. The monoisotopic (exact) mass is 280 g/mol. The van der Waals surface area contributed by atoms with Gasteiger partial charge in [-0.3, -0.25) is 0 Å². The van der Waals surface area contributed by atoms with E-state index in [0.717, 1.165) is 11.8 Å². The lowest BCUT2D eigenvalue weighted by molar-refractivity contribution is -0.113. The van der Waals surface area contributed by atoms with Crippen molar-refractivity contribution in [2.75, 3.05) is 21.0 Å². The Balaban J connectivity index is 1.82. The number of allylic oxidation sites excluding steroid dienone is 1. The van der Waals surface area contributed by atoms with Crippen LogP contribution in [0.15, 0.2) is 11.6 Å². The molecule has 114 valence electrons. The first kappa shape index (κ1) is 14.6. The summed E-state index contributed by atoms with van der Waals surface area (Å²) in [5.41, 5.74) is 1.71. The molecule has 3 heteroatoms. The van der Waals surface area contributed by atoms with Gasteiger partial charge in [-0.25, -0.2) is 0 Å². The van der Waals surface area contributed by atoms with E-state index in [1.165, 1.54) is 44.9 Å². The van der Waals surface area contributed by atoms with Gasteiger partial charge in [-0.15, -0.1) is 0 Å². The number of hydrogen-bond donors (Lipinski definition) is 0. The van der Waals surface area contributed by atoms with Crippen molar-refractivity contribution >= 4 is 0 Å². The molecule has 3 nitrogen and oxygen atoms in total. The highest BCUT2D eigenvalue weighted by atomic mass is 16.7. The van der Waals surface area contributed by atoms with Crippen LogP contribution in [0.3, 0.4) is 0 Å². The molecule has 0 aromatic rings. The van der Waals surface area contributed by atoms with Crippen LogP contribution >= 0.6 is 0 Å². The molecule has 0 saturated heterocycles. The van der Waals surface area contributed by atoms with Crippen molar-refractivity contribution in [3.63, 3.8) is 0 Å². The van der Waals surface area contributed by atoms with Crippen molar-refractivity contribution in [1.29, 1.82) is 0 Å². The van der Waals surface area contributed by atoms with Gasteiger partial charge in [-0.1, -0.05) is 11.6 Å². The van der Waals surface area contributed by atoms with Gasteiger partial charge >= 0.3 is 0 Å². The van der Waals surface area contributed by atoms with Gasteiger partial charge in [0, 0.05) is 20.1 Å². The Bertz CT molecular complexity index is 352. The smallest absolute Gasteiger partial charge is 0.146 e. The zero-order chi connectivity index (χ0) is 13.9. The van der Waals surface area contributed by atoms with E-state index in [9.17, 15) is 0 Å². The van der Waals surface area contributed by atoms with Crippen LogP contribution in [0.2, 0.25) is 0 Å². The van der Waals surface area contributed by atoms with E-state index in [1.807, 2.05) is 7.11 Å². The van der Waals surface area contributed by atoms with Gasteiger partial charge in [0.2, 0.25) is 0 Å². The van der Waals surface area contributed by atoms with Crippen LogP contribution in [0.25, 0.3) is 0 Å². The highest BCUT2D eigenvalue weighted by Crippen LogP contribution is 2.49. The maximum absolute atomic E-state index is 6.02. The molecule has 0 amide bonds. The molecule has 0 aliphatic heterocycles. The first-order valence-corrected chi connectivity index (χ1v) is 8.16.